The molecule has 1 amide bonds. The molecule has 0 unspecified atom stereocenters. The van der Waals surface area contributed by atoms with Gasteiger partial charge in [-0.15, -0.1) is 0 Å². The zero-order valence-corrected chi connectivity index (χ0v) is 23.5. The SMILES string of the molecule is CC(=O)CCOCC(COCCC(C)=O)(COCCC(C)=O)NC(=O)c1ccc(-c2ccc(C(C)=O)cn2)cn1. The van der Waals surface area contributed by atoms with Crippen LogP contribution in [0.1, 0.15) is 67.8 Å². The monoisotopic (exact) mass is 555 g/mol. The summed E-state index contributed by atoms with van der Waals surface area (Å²) in [5, 5.41) is 2.91. The molecule has 11 heteroatoms. The van der Waals surface area contributed by atoms with Crippen LogP contribution in [0.25, 0.3) is 11.3 Å². The molecular weight excluding hydrogens is 518 g/mol. The molecule has 40 heavy (non-hydrogen) atoms. The van der Waals surface area contributed by atoms with E-state index >= 15 is 0 Å². The summed E-state index contributed by atoms with van der Waals surface area (Å²) in [6, 6.07) is 6.60. The molecule has 0 saturated carbocycles. The van der Waals surface area contributed by atoms with Gasteiger partial charge in [-0.25, -0.2) is 0 Å². The van der Waals surface area contributed by atoms with Crippen molar-refractivity contribution in [3.63, 3.8) is 0 Å². The molecule has 0 aliphatic rings. The van der Waals surface area contributed by atoms with Crippen LogP contribution in [-0.2, 0) is 28.6 Å². The van der Waals surface area contributed by atoms with Gasteiger partial charge in [-0.05, 0) is 52.0 Å². The van der Waals surface area contributed by atoms with Crippen molar-refractivity contribution in [2.24, 2.45) is 0 Å². The molecule has 0 aliphatic heterocycles. The lowest BCUT2D eigenvalue weighted by Gasteiger charge is -2.34. The third-order valence-corrected chi connectivity index (χ3v) is 5.77. The fraction of sp³-hybridized carbons (Fsp3) is 0.483. The second-order valence-electron chi connectivity index (χ2n) is 9.67. The normalized spacial score (nSPS) is 11.2. The molecule has 0 spiro atoms. The minimum atomic E-state index is -1.19. The van der Waals surface area contributed by atoms with Gasteiger partial charge in [0.25, 0.3) is 5.91 Å². The van der Waals surface area contributed by atoms with Crippen molar-refractivity contribution in [3.05, 3.63) is 47.9 Å². The van der Waals surface area contributed by atoms with Crippen molar-refractivity contribution in [3.8, 4) is 11.3 Å². The summed E-state index contributed by atoms with van der Waals surface area (Å²) in [6.07, 6.45) is 3.58. The molecule has 2 rings (SSSR count). The minimum absolute atomic E-state index is 0.0419. The van der Waals surface area contributed by atoms with Gasteiger partial charge in [-0.1, -0.05) is 0 Å². The maximum atomic E-state index is 13.3. The molecule has 2 aromatic heterocycles. The summed E-state index contributed by atoms with van der Waals surface area (Å²) in [5.41, 5.74) is 0.669. The van der Waals surface area contributed by atoms with E-state index in [2.05, 4.69) is 15.3 Å². The molecule has 2 heterocycles. The summed E-state index contributed by atoms with van der Waals surface area (Å²) in [5.74, 6) is -0.736. The van der Waals surface area contributed by atoms with E-state index in [4.69, 9.17) is 14.2 Å². The Labute approximate surface area is 234 Å². The van der Waals surface area contributed by atoms with E-state index in [0.29, 0.717) is 16.8 Å². The van der Waals surface area contributed by atoms with Gasteiger partial charge in [0.15, 0.2) is 5.78 Å². The number of aromatic nitrogens is 2. The van der Waals surface area contributed by atoms with Gasteiger partial charge in [0.2, 0.25) is 0 Å². The number of nitrogens with zero attached hydrogens (tertiary/aromatic N) is 2. The molecule has 11 nitrogen and oxygen atoms in total. The van der Waals surface area contributed by atoms with Crippen LogP contribution in [0.2, 0.25) is 0 Å². The molecule has 0 saturated heterocycles. The first kappa shape index (κ1) is 32.5. The quantitative estimate of drug-likeness (QED) is 0.202. The number of amides is 1. The number of carbonyl (C=O) groups is 5. The maximum Gasteiger partial charge on any atom is 0.270 e. The minimum Gasteiger partial charge on any atom is -0.378 e. The Morgan fingerprint density at radius 1 is 0.700 bits per heavy atom. The fourth-order valence-corrected chi connectivity index (χ4v) is 3.44. The Morgan fingerprint density at radius 2 is 1.23 bits per heavy atom. The summed E-state index contributed by atoms with van der Waals surface area (Å²) < 4.78 is 17.2. The number of ketones is 4. The van der Waals surface area contributed by atoms with E-state index in [1.807, 2.05) is 0 Å². The number of hydrogen-bond acceptors (Lipinski definition) is 10. The second kappa shape index (κ2) is 16.4. The summed E-state index contributed by atoms with van der Waals surface area (Å²) in [7, 11) is 0. The highest BCUT2D eigenvalue weighted by atomic mass is 16.5. The number of pyridine rings is 2. The molecule has 0 aromatic carbocycles. The topological polar surface area (TPSA) is 151 Å². The number of carbonyl (C=O) groups excluding carboxylic acids is 5. The van der Waals surface area contributed by atoms with E-state index in [1.54, 1.807) is 24.3 Å². The lowest BCUT2D eigenvalue weighted by molar-refractivity contribution is -0.118. The molecule has 0 atom stereocenters. The highest BCUT2D eigenvalue weighted by Gasteiger charge is 2.34. The van der Waals surface area contributed by atoms with Gasteiger partial charge in [0.1, 0.15) is 28.6 Å². The average Bonchev–Trinajstić information content (AvgIpc) is 2.91. The number of nitrogens with one attached hydrogen (secondary N) is 1. The summed E-state index contributed by atoms with van der Waals surface area (Å²) in [4.78, 5) is 67.5. The van der Waals surface area contributed by atoms with Gasteiger partial charge in [-0.2, -0.15) is 0 Å². The van der Waals surface area contributed by atoms with Crippen molar-refractivity contribution < 1.29 is 38.2 Å². The molecular formula is C29H37N3O8. The van der Waals surface area contributed by atoms with Crippen molar-refractivity contribution >= 4 is 29.0 Å². The number of rotatable bonds is 19. The third-order valence-electron chi connectivity index (χ3n) is 5.77. The number of hydrogen-bond donors (Lipinski definition) is 1. The van der Waals surface area contributed by atoms with E-state index in [0.717, 1.165) is 0 Å². The Morgan fingerprint density at radius 3 is 1.60 bits per heavy atom. The largest absolute Gasteiger partial charge is 0.378 e. The van der Waals surface area contributed by atoms with Crippen LogP contribution >= 0.6 is 0 Å². The van der Waals surface area contributed by atoms with Crippen LogP contribution in [0.3, 0.4) is 0 Å². The van der Waals surface area contributed by atoms with Crippen molar-refractivity contribution in [1.82, 2.24) is 15.3 Å². The third kappa shape index (κ3) is 11.6. The predicted octanol–water partition coefficient (Wildman–Crippen LogP) is 2.80. The first-order valence-electron chi connectivity index (χ1n) is 13.0. The lowest BCUT2D eigenvalue weighted by atomic mass is 10.0. The van der Waals surface area contributed by atoms with Crippen LogP contribution in [0.5, 0.6) is 0 Å². The first-order valence-corrected chi connectivity index (χ1v) is 13.0. The van der Waals surface area contributed by atoms with Gasteiger partial charge in [-0.3, -0.25) is 33.9 Å². The van der Waals surface area contributed by atoms with Crippen LogP contribution in [0.4, 0.5) is 0 Å². The molecule has 0 fully saturated rings. The summed E-state index contributed by atoms with van der Waals surface area (Å²) in [6.45, 7) is 6.10. The van der Waals surface area contributed by atoms with Crippen LogP contribution in [0, 0.1) is 0 Å². The smallest absolute Gasteiger partial charge is 0.270 e. The van der Waals surface area contributed by atoms with Crippen LogP contribution < -0.4 is 5.32 Å². The molecule has 0 aliphatic carbocycles. The second-order valence-corrected chi connectivity index (χ2v) is 9.67. The van der Waals surface area contributed by atoms with Crippen molar-refractivity contribution in [2.45, 2.75) is 52.5 Å². The molecule has 1 N–H and O–H groups in total. The predicted molar refractivity (Wildman–Crippen MR) is 146 cm³/mol. The average molecular weight is 556 g/mol. The lowest BCUT2D eigenvalue weighted by Crippen LogP contribution is -2.58. The van der Waals surface area contributed by atoms with E-state index < -0.39 is 11.4 Å². The van der Waals surface area contributed by atoms with E-state index in [1.165, 1.54) is 40.1 Å². The number of ether oxygens (including phenoxy) is 3. The molecule has 2 aromatic rings. The van der Waals surface area contributed by atoms with Gasteiger partial charge >= 0.3 is 0 Å². The Bertz CT molecular complexity index is 1110. The van der Waals surface area contributed by atoms with Gasteiger partial charge < -0.3 is 19.5 Å². The van der Waals surface area contributed by atoms with E-state index in [9.17, 15) is 24.0 Å². The first-order chi connectivity index (χ1) is 19.0. The van der Waals surface area contributed by atoms with Gasteiger partial charge in [0, 0.05) is 42.8 Å². The fourth-order valence-electron chi connectivity index (χ4n) is 3.44. The highest BCUT2D eigenvalue weighted by molar-refractivity contribution is 5.94. The summed E-state index contributed by atoms with van der Waals surface area (Å²) >= 11 is 0. The maximum absolute atomic E-state index is 13.3. The Balaban J connectivity index is 2.22. The Kier molecular flexibility index (Phi) is 13.4. The molecule has 0 radical (unpaired) electrons. The zero-order chi connectivity index (χ0) is 29.5. The number of Topliss-reactive ketones (excluding diaryl/α,β-unsaturated/α-hetero) is 4. The van der Waals surface area contributed by atoms with Crippen LogP contribution in [0.15, 0.2) is 36.7 Å². The zero-order valence-electron chi connectivity index (χ0n) is 23.5. The van der Waals surface area contributed by atoms with Crippen molar-refractivity contribution in [2.75, 3.05) is 39.6 Å². The van der Waals surface area contributed by atoms with Gasteiger partial charge in [0.05, 0.1) is 45.3 Å². The van der Waals surface area contributed by atoms with Crippen molar-refractivity contribution in [1.29, 1.82) is 0 Å². The van der Waals surface area contributed by atoms with E-state index in [-0.39, 0.29) is 87.7 Å². The Hall–Kier alpha value is -3.67. The highest BCUT2D eigenvalue weighted by Crippen LogP contribution is 2.18. The molecule has 216 valence electrons. The molecule has 0 bridgehead atoms. The van der Waals surface area contributed by atoms with Crippen LogP contribution in [-0.4, -0.2) is 84.2 Å². The standard InChI is InChI=1S/C29H37N3O8/c1-20(33)9-12-38-17-29(18-39-13-10-21(2)34,19-40-14-11-22(3)35)32-28(37)27-8-6-25(16-31-27)26-7-5-24(15-30-26)23(4)36/h5-8,15-16H,9-14,17-19H2,1-4H3,(H,32,37).